The molecule has 2 aromatic carbocycles. The molecule has 38 heavy (non-hydrogen) atoms. The lowest BCUT2D eigenvalue weighted by Gasteiger charge is -2.39. The number of alkyl halides is 2. The first-order chi connectivity index (χ1) is 18.4. The van der Waals surface area contributed by atoms with Crippen LogP contribution in [0.2, 0.25) is 0 Å². The van der Waals surface area contributed by atoms with Gasteiger partial charge >= 0.3 is 6.43 Å². The molecule has 3 aromatic rings. The van der Waals surface area contributed by atoms with Crippen molar-refractivity contribution in [3.63, 3.8) is 0 Å². The zero-order valence-corrected chi connectivity index (χ0v) is 22.5. The first kappa shape index (κ1) is 26.4. The molecule has 0 saturated carbocycles. The molecular formula is C28H34F2N6OS. The average molecular weight is 541 g/mol. The largest absolute Gasteiger partial charge is 0.415 e. The van der Waals surface area contributed by atoms with Crippen molar-refractivity contribution >= 4 is 27.7 Å². The molecule has 3 heterocycles. The number of likely N-dealkylation sites (N-methyl/N-ethyl adjacent to an activating group) is 1. The van der Waals surface area contributed by atoms with Crippen molar-refractivity contribution in [1.82, 2.24) is 20.0 Å². The van der Waals surface area contributed by atoms with Crippen molar-refractivity contribution in [2.24, 2.45) is 0 Å². The summed E-state index contributed by atoms with van der Waals surface area (Å²) in [7, 11) is 2.38. The summed E-state index contributed by atoms with van der Waals surface area (Å²) in [6.07, 6.45) is -2.79. The molecule has 0 radical (unpaired) electrons. The first-order valence-corrected chi connectivity index (χ1v) is 14.5. The Hall–Kier alpha value is -3.24. The van der Waals surface area contributed by atoms with Gasteiger partial charge in [-0.05, 0) is 42.9 Å². The van der Waals surface area contributed by atoms with Crippen LogP contribution in [-0.2, 0) is 6.54 Å². The van der Waals surface area contributed by atoms with Crippen molar-refractivity contribution in [2.45, 2.75) is 13.0 Å². The molecule has 0 N–H and O–H groups in total. The van der Waals surface area contributed by atoms with Gasteiger partial charge in [-0.3, -0.25) is 0 Å². The topological polar surface area (TPSA) is 51.9 Å². The quantitative estimate of drug-likeness (QED) is 0.376. The van der Waals surface area contributed by atoms with Crippen LogP contribution in [0, 0.1) is 0 Å². The summed E-state index contributed by atoms with van der Waals surface area (Å²) in [5, 5.41) is 7.19. The van der Waals surface area contributed by atoms with E-state index < -0.39 is 12.3 Å². The number of hydrogen-bond acceptors (Lipinski definition) is 7. The van der Waals surface area contributed by atoms with Crippen LogP contribution in [-0.4, -0.2) is 83.7 Å². The predicted octanol–water partition coefficient (Wildman–Crippen LogP) is 4.92. The number of rotatable bonds is 8. The van der Waals surface area contributed by atoms with Gasteiger partial charge in [0.2, 0.25) is 5.89 Å². The lowest BCUT2D eigenvalue weighted by molar-refractivity contribution is 0.116. The van der Waals surface area contributed by atoms with Gasteiger partial charge < -0.3 is 24.0 Å². The van der Waals surface area contributed by atoms with Crippen LogP contribution >= 0.6 is 10.5 Å². The highest BCUT2D eigenvalue weighted by Gasteiger charge is 2.22. The van der Waals surface area contributed by atoms with Gasteiger partial charge in [0.15, 0.2) is 0 Å². The molecule has 10 heteroatoms. The van der Waals surface area contributed by atoms with E-state index in [4.69, 9.17) is 4.42 Å². The van der Waals surface area contributed by atoms with Gasteiger partial charge in [0, 0.05) is 74.3 Å². The van der Waals surface area contributed by atoms with Crippen molar-refractivity contribution < 1.29 is 13.2 Å². The van der Waals surface area contributed by atoms with Crippen LogP contribution in [0.3, 0.4) is 0 Å². The van der Waals surface area contributed by atoms with E-state index in [0.717, 1.165) is 67.8 Å². The van der Waals surface area contributed by atoms with E-state index in [0.29, 0.717) is 12.1 Å². The van der Waals surface area contributed by atoms with E-state index in [2.05, 4.69) is 73.6 Å². The molecule has 0 unspecified atom stereocenters. The number of aromatic nitrogens is 2. The summed E-state index contributed by atoms with van der Waals surface area (Å²) >= 11 is 0. The molecule has 0 aliphatic carbocycles. The minimum absolute atomic E-state index is 0.0878. The maximum Gasteiger partial charge on any atom is 0.314 e. The number of hydrogen-bond donors (Lipinski definition) is 0. The molecule has 2 saturated heterocycles. The van der Waals surface area contributed by atoms with Crippen molar-refractivity contribution in [1.29, 1.82) is 0 Å². The highest BCUT2D eigenvalue weighted by Crippen LogP contribution is 2.31. The molecule has 0 spiro atoms. The van der Waals surface area contributed by atoms with Gasteiger partial charge in [0.1, 0.15) is 5.82 Å². The standard InChI is InChI=1S/C28H34F2N6OS/c1-21(34-15-17-38(3)18-16-34)36(25-6-4-5-24(19-25)35-13-11-33(2)12-14-35)20-22-7-9-23(10-8-22)27-31-32-28(37-27)26(29)30/h4-10,19,26H,1,3,11-18,20H2,2H3. The molecule has 2 fully saturated rings. The maximum atomic E-state index is 12.9. The third kappa shape index (κ3) is 6.07. The smallest absolute Gasteiger partial charge is 0.314 e. The van der Waals surface area contributed by atoms with E-state index in [9.17, 15) is 8.78 Å². The Morgan fingerprint density at radius 1 is 1.03 bits per heavy atom. The second kappa shape index (κ2) is 11.7. The zero-order chi connectivity index (χ0) is 26.6. The number of halogens is 2. The van der Waals surface area contributed by atoms with Crippen LogP contribution in [0.5, 0.6) is 0 Å². The van der Waals surface area contributed by atoms with Crippen LogP contribution < -0.4 is 9.80 Å². The van der Waals surface area contributed by atoms with E-state index in [1.807, 2.05) is 24.3 Å². The Kier molecular flexibility index (Phi) is 8.09. The minimum atomic E-state index is -2.79. The minimum Gasteiger partial charge on any atom is -0.415 e. The van der Waals surface area contributed by atoms with E-state index in [1.165, 1.54) is 5.69 Å². The third-order valence-corrected chi connectivity index (χ3v) is 8.67. The van der Waals surface area contributed by atoms with Crippen LogP contribution in [0.15, 0.2) is 65.3 Å². The molecule has 0 bridgehead atoms. The molecular weight excluding hydrogens is 506 g/mol. The van der Waals surface area contributed by atoms with Gasteiger partial charge in [-0.2, -0.15) is 19.3 Å². The van der Waals surface area contributed by atoms with Gasteiger partial charge in [-0.1, -0.05) is 30.6 Å². The second-order valence-corrected chi connectivity index (χ2v) is 11.8. The van der Waals surface area contributed by atoms with Crippen LogP contribution in [0.1, 0.15) is 17.9 Å². The molecule has 2 aliphatic rings. The van der Waals surface area contributed by atoms with Gasteiger partial charge in [-0.15, -0.1) is 10.2 Å². The Morgan fingerprint density at radius 3 is 2.39 bits per heavy atom. The van der Waals surface area contributed by atoms with E-state index >= 15 is 0 Å². The Bertz CT molecular complexity index is 1260. The first-order valence-electron chi connectivity index (χ1n) is 12.8. The predicted molar refractivity (Wildman–Crippen MR) is 152 cm³/mol. The highest BCUT2D eigenvalue weighted by atomic mass is 32.2. The van der Waals surface area contributed by atoms with E-state index in [1.54, 1.807) is 0 Å². The highest BCUT2D eigenvalue weighted by molar-refractivity contribution is 8.14. The van der Waals surface area contributed by atoms with Crippen LogP contribution in [0.25, 0.3) is 11.5 Å². The summed E-state index contributed by atoms with van der Waals surface area (Å²) in [5.41, 5.74) is 3.97. The summed E-state index contributed by atoms with van der Waals surface area (Å²) in [4.78, 5) is 9.42. The Balaban J connectivity index is 1.39. The fraction of sp³-hybridized carbons (Fsp3) is 0.393. The zero-order valence-electron chi connectivity index (χ0n) is 21.7. The monoisotopic (exact) mass is 540 g/mol. The summed E-state index contributed by atoms with van der Waals surface area (Å²) in [6.45, 7) is 11.1. The summed E-state index contributed by atoms with van der Waals surface area (Å²) < 4.78 is 30.8. The molecule has 0 atom stereocenters. The number of nitrogens with zero attached hydrogens (tertiary/aromatic N) is 6. The summed E-state index contributed by atoms with van der Waals surface area (Å²) in [6, 6.07) is 16.3. The molecule has 0 amide bonds. The Morgan fingerprint density at radius 2 is 1.74 bits per heavy atom. The second-order valence-electron chi connectivity index (χ2n) is 9.76. The fourth-order valence-corrected chi connectivity index (χ4v) is 5.91. The number of benzene rings is 2. The molecule has 2 aliphatic heterocycles. The van der Waals surface area contributed by atoms with Crippen LogP contribution in [0.4, 0.5) is 20.2 Å². The Labute approximate surface area is 225 Å². The van der Waals surface area contributed by atoms with Crippen molar-refractivity contribution in [3.8, 4) is 11.5 Å². The molecule has 7 nitrogen and oxygen atoms in total. The molecule has 5 rings (SSSR count). The SMILES string of the molecule is C=C(N1CCS(=C)CC1)N(Cc1ccc(-c2nnc(C(F)F)o2)cc1)c1cccc(N2CCN(C)CC2)c1. The average Bonchev–Trinajstić information content (AvgIpc) is 3.44. The number of anilines is 2. The third-order valence-electron chi connectivity index (χ3n) is 7.16. The van der Waals surface area contributed by atoms with Gasteiger partial charge in [-0.25, -0.2) is 0 Å². The number of piperazine rings is 1. The van der Waals surface area contributed by atoms with Gasteiger partial charge in [0.05, 0.1) is 0 Å². The maximum absolute atomic E-state index is 12.9. The normalized spacial score (nSPS) is 17.3. The van der Waals surface area contributed by atoms with Crippen molar-refractivity contribution in [2.75, 3.05) is 67.6 Å². The fourth-order valence-electron chi connectivity index (χ4n) is 4.75. The lowest BCUT2D eigenvalue weighted by atomic mass is 10.1. The van der Waals surface area contributed by atoms with E-state index in [-0.39, 0.29) is 16.4 Å². The van der Waals surface area contributed by atoms with Crippen molar-refractivity contribution in [3.05, 3.63) is 72.4 Å². The summed E-state index contributed by atoms with van der Waals surface area (Å²) in [5.74, 6) is 6.81. The lowest BCUT2D eigenvalue weighted by Crippen LogP contribution is -2.44. The molecule has 1 aromatic heterocycles. The van der Waals surface area contributed by atoms with Gasteiger partial charge in [0.25, 0.3) is 5.89 Å². The molecule has 202 valence electrons.